The van der Waals surface area contributed by atoms with Gasteiger partial charge in [0, 0.05) is 19.0 Å². The lowest BCUT2D eigenvalue weighted by molar-refractivity contribution is -0.156. The molecule has 0 spiro atoms. The summed E-state index contributed by atoms with van der Waals surface area (Å²) in [5.74, 6) is -0.683. The second-order valence-corrected chi connectivity index (χ2v) is 6.33. The van der Waals surface area contributed by atoms with E-state index >= 15 is 0 Å². The minimum absolute atomic E-state index is 0.0895. The molecule has 6 heteroatoms. The summed E-state index contributed by atoms with van der Waals surface area (Å²) in [6, 6.07) is 0. The summed E-state index contributed by atoms with van der Waals surface area (Å²) in [7, 11) is 0. The molecule has 0 aromatic rings. The van der Waals surface area contributed by atoms with E-state index in [9.17, 15) is 14.7 Å². The maximum absolute atomic E-state index is 11.6. The summed E-state index contributed by atoms with van der Waals surface area (Å²) < 4.78 is 10.9. The molecule has 3 saturated heterocycles. The zero-order valence-corrected chi connectivity index (χ0v) is 11.5. The average Bonchev–Trinajstić information content (AvgIpc) is 2.73. The third-order valence-electron chi connectivity index (χ3n) is 4.68. The Labute approximate surface area is 117 Å². The first-order valence-corrected chi connectivity index (χ1v) is 6.84. The first-order chi connectivity index (χ1) is 9.40. The first kappa shape index (κ1) is 13.4. The average molecular weight is 281 g/mol. The number of likely N-dealkylation sites (tertiary alicyclic amines) is 1. The van der Waals surface area contributed by atoms with E-state index in [0.29, 0.717) is 25.9 Å². The molecule has 1 N–H and O–H groups in total. The summed E-state index contributed by atoms with van der Waals surface area (Å²) in [6.07, 6.45) is 2.02. The number of aliphatic carboxylic acids is 1. The van der Waals surface area contributed by atoms with Gasteiger partial charge in [-0.2, -0.15) is 0 Å². The quantitative estimate of drug-likeness (QED) is 0.785. The summed E-state index contributed by atoms with van der Waals surface area (Å²) in [6.45, 7) is 6.65. The second kappa shape index (κ2) is 4.22. The third kappa shape index (κ3) is 1.74. The van der Waals surface area contributed by atoms with Crippen molar-refractivity contribution in [2.24, 2.45) is 11.3 Å². The number of fused-ring (bicyclic) bond motifs is 1. The Morgan fingerprint density at radius 3 is 2.70 bits per heavy atom. The number of hydrogen-bond donors (Lipinski definition) is 1. The minimum Gasteiger partial charge on any atom is -0.481 e. The van der Waals surface area contributed by atoms with Gasteiger partial charge in [0.2, 0.25) is 0 Å². The molecule has 3 aliphatic heterocycles. The van der Waals surface area contributed by atoms with Crippen molar-refractivity contribution in [3.05, 3.63) is 12.7 Å². The Bertz CT molecular complexity index is 462. The molecule has 6 nitrogen and oxygen atoms in total. The third-order valence-corrected chi connectivity index (χ3v) is 4.68. The van der Waals surface area contributed by atoms with Gasteiger partial charge in [-0.15, -0.1) is 0 Å². The van der Waals surface area contributed by atoms with Crippen molar-refractivity contribution >= 4 is 12.1 Å². The van der Waals surface area contributed by atoms with Gasteiger partial charge in [0.15, 0.2) is 0 Å². The molecule has 1 atom stereocenters. The van der Waals surface area contributed by atoms with Crippen LogP contribution in [0.15, 0.2) is 12.7 Å². The maximum Gasteiger partial charge on any atom is 0.410 e. The van der Waals surface area contributed by atoms with Crippen LogP contribution in [-0.2, 0) is 14.3 Å². The van der Waals surface area contributed by atoms with Crippen LogP contribution in [0.5, 0.6) is 0 Å². The van der Waals surface area contributed by atoms with Crippen LogP contribution in [-0.4, -0.2) is 53.5 Å². The number of hydrogen-bond acceptors (Lipinski definition) is 4. The van der Waals surface area contributed by atoms with Crippen molar-refractivity contribution in [1.82, 2.24) is 4.90 Å². The molecule has 1 aliphatic carbocycles. The molecule has 4 fully saturated rings. The van der Waals surface area contributed by atoms with Gasteiger partial charge in [-0.1, -0.05) is 12.7 Å². The minimum atomic E-state index is -0.773. The summed E-state index contributed by atoms with van der Waals surface area (Å²) in [5, 5.41) is 9.46. The molecular weight excluding hydrogens is 262 g/mol. The fourth-order valence-electron chi connectivity index (χ4n) is 3.88. The number of ether oxygens (including phenoxy) is 2. The van der Waals surface area contributed by atoms with Gasteiger partial charge in [-0.05, 0) is 19.8 Å². The van der Waals surface area contributed by atoms with E-state index in [1.165, 1.54) is 6.08 Å². The van der Waals surface area contributed by atoms with Crippen LogP contribution in [0.2, 0.25) is 0 Å². The molecule has 20 heavy (non-hydrogen) atoms. The molecule has 4 rings (SSSR count). The van der Waals surface area contributed by atoms with Crippen molar-refractivity contribution < 1.29 is 24.2 Å². The fourth-order valence-corrected chi connectivity index (χ4v) is 3.88. The van der Waals surface area contributed by atoms with Crippen molar-refractivity contribution in [3.63, 3.8) is 0 Å². The molecule has 0 aromatic carbocycles. The Balaban J connectivity index is 1.59. The standard InChI is InChI=1S/C14H19NO5/c1-3-4-19-12(18)15-5-9(6-15)10-14(11(16)17)7-13(2,8-14)20-10/h3,9-10H,1,4-8H2,2H3,(H,16,17). The molecule has 1 amide bonds. The Morgan fingerprint density at radius 2 is 2.15 bits per heavy atom. The van der Waals surface area contributed by atoms with E-state index in [-0.39, 0.29) is 30.3 Å². The van der Waals surface area contributed by atoms with Crippen molar-refractivity contribution in [2.45, 2.75) is 31.5 Å². The summed E-state index contributed by atoms with van der Waals surface area (Å²) in [5.41, 5.74) is -1.02. The highest BCUT2D eigenvalue weighted by molar-refractivity contribution is 5.78. The predicted octanol–water partition coefficient (Wildman–Crippen LogP) is 1.26. The number of carbonyl (C=O) groups is 2. The number of nitrogens with zero attached hydrogens (tertiary/aromatic N) is 1. The second-order valence-electron chi connectivity index (χ2n) is 6.33. The number of carboxylic acids is 1. The molecule has 0 aromatic heterocycles. The van der Waals surface area contributed by atoms with Gasteiger partial charge in [0.25, 0.3) is 0 Å². The van der Waals surface area contributed by atoms with Crippen LogP contribution >= 0.6 is 0 Å². The van der Waals surface area contributed by atoms with E-state index < -0.39 is 11.4 Å². The number of amides is 1. The number of carbonyl (C=O) groups excluding carboxylic acids is 1. The van der Waals surface area contributed by atoms with Gasteiger partial charge in [0.1, 0.15) is 6.61 Å². The van der Waals surface area contributed by atoms with Crippen molar-refractivity contribution in [1.29, 1.82) is 0 Å². The van der Waals surface area contributed by atoms with E-state index in [0.717, 1.165) is 0 Å². The lowest BCUT2D eigenvalue weighted by Gasteiger charge is -2.45. The highest BCUT2D eigenvalue weighted by Gasteiger charge is 2.72. The van der Waals surface area contributed by atoms with Gasteiger partial charge < -0.3 is 19.5 Å². The van der Waals surface area contributed by atoms with Crippen LogP contribution in [0.25, 0.3) is 0 Å². The highest BCUT2D eigenvalue weighted by Crippen LogP contribution is 2.63. The molecule has 110 valence electrons. The zero-order chi connectivity index (χ0) is 14.5. The fraction of sp³-hybridized carbons (Fsp3) is 0.714. The lowest BCUT2D eigenvalue weighted by atomic mass is 9.58. The molecule has 3 heterocycles. The molecule has 1 unspecified atom stereocenters. The smallest absolute Gasteiger partial charge is 0.410 e. The molecule has 2 bridgehead atoms. The van der Waals surface area contributed by atoms with Gasteiger partial charge in [0.05, 0.1) is 17.1 Å². The summed E-state index contributed by atoms with van der Waals surface area (Å²) in [4.78, 5) is 24.7. The molecule has 1 saturated carbocycles. The monoisotopic (exact) mass is 281 g/mol. The summed E-state index contributed by atoms with van der Waals surface area (Å²) >= 11 is 0. The van der Waals surface area contributed by atoms with E-state index in [1.807, 2.05) is 6.92 Å². The number of carboxylic acid groups (broad SMARTS) is 1. The Kier molecular flexibility index (Phi) is 2.83. The van der Waals surface area contributed by atoms with Crippen molar-refractivity contribution in [2.75, 3.05) is 19.7 Å². The van der Waals surface area contributed by atoms with Crippen LogP contribution < -0.4 is 0 Å². The van der Waals surface area contributed by atoms with Gasteiger partial charge in [-0.25, -0.2) is 4.79 Å². The van der Waals surface area contributed by atoms with Crippen molar-refractivity contribution in [3.8, 4) is 0 Å². The molecular formula is C14H19NO5. The highest BCUT2D eigenvalue weighted by atomic mass is 16.6. The topological polar surface area (TPSA) is 76.1 Å². The lowest BCUT2D eigenvalue weighted by Crippen LogP contribution is -2.59. The largest absolute Gasteiger partial charge is 0.481 e. The van der Waals surface area contributed by atoms with Crippen LogP contribution in [0, 0.1) is 11.3 Å². The van der Waals surface area contributed by atoms with Gasteiger partial charge >= 0.3 is 12.1 Å². The predicted molar refractivity (Wildman–Crippen MR) is 69.2 cm³/mol. The zero-order valence-electron chi connectivity index (χ0n) is 11.5. The normalized spacial score (nSPS) is 38.9. The Morgan fingerprint density at radius 1 is 1.50 bits per heavy atom. The van der Waals surface area contributed by atoms with Crippen LogP contribution in [0.4, 0.5) is 4.79 Å². The molecule has 4 aliphatic rings. The first-order valence-electron chi connectivity index (χ1n) is 6.84. The maximum atomic E-state index is 11.6. The SMILES string of the molecule is C=CCOC(=O)N1CC(C2OC3(C)CC2(C(=O)O)C3)C1. The van der Waals surface area contributed by atoms with E-state index in [2.05, 4.69) is 6.58 Å². The Hall–Kier alpha value is -1.56. The van der Waals surface area contributed by atoms with Crippen LogP contribution in [0.1, 0.15) is 19.8 Å². The van der Waals surface area contributed by atoms with Crippen LogP contribution in [0.3, 0.4) is 0 Å². The van der Waals surface area contributed by atoms with E-state index in [1.54, 1.807) is 4.90 Å². The van der Waals surface area contributed by atoms with Gasteiger partial charge in [-0.3, -0.25) is 4.79 Å². The van der Waals surface area contributed by atoms with E-state index in [4.69, 9.17) is 9.47 Å². The molecule has 0 radical (unpaired) electrons. The number of rotatable bonds is 4.